The van der Waals surface area contributed by atoms with Crippen LogP contribution in [0.2, 0.25) is 0 Å². The van der Waals surface area contributed by atoms with E-state index in [4.69, 9.17) is 9.72 Å². The highest BCUT2D eigenvalue weighted by molar-refractivity contribution is 7.22. The maximum atomic E-state index is 13.4. The van der Waals surface area contributed by atoms with E-state index < -0.39 is 4.92 Å². The van der Waals surface area contributed by atoms with E-state index in [0.717, 1.165) is 4.70 Å². The summed E-state index contributed by atoms with van der Waals surface area (Å²) in [5, 5.41) is 11.7. The molecule has 1 amide bonds. The number of carbonyl (C=O) groups excluding carboxylic acids is 1. The van der Waals surface area contributed by atoms with Crippen LogP contribution in [0.4, 0.5) is 10.8 Å². The number of nitro benzene ring substituents is 1. The second-order valence-electron chi connectivity index (χ2n) is 6.95. The zero-order valence-electron chi connectivity index (χ0n) is 17.4. The maximum absolute atomic E-state index is 13.4. The van der Waals surface area contributed by atoms with E-state index in [-0.39, 0.29) is 17.2 Å². The number of hydrogen-bond acceptors (Lipinski definition) is 7. The van der Waals surface area contributed by atoms with Crippen LogP contribution in [0.1, 0.15) is 23.7 Å². The molecular weight excluding hydrogens is 430 g/mol. The summed E-state index contributed by atoms with van der Waals surface area (Å²) < 4.78 is 8.52. The second-order valence-corrected chi connectivity index (χ2v) is 7.96. The van der Waals surface area contributed by atoms with Gasteiger partial charge < -0.3 is 9.30 Å². The molecule has 0 spiro atoms. The van der Waals surface area contributed by atoms with Crippen molar-refractivity contribution in [1.82, 2.24) is 14.5 Å². The molecule has 0 unspecified atom stereocenters. The van der Waals surface area contributed by atoms with Crippen molar-refractivity contribution in [3.63, 3.8) is 0 Å². The number of hydrogen-bond donors (Lipinski definition) is 0. The molecule has 0 atom stereocenters. The lowest BCUT2D eigenvalue weighted by molar-refractivity contribution is -0.384. The number of fused-ring (bicyclic) bond motifs is 1. The van der Waals surface area contributed by atoms with Gasteiger partial charge in [0.05, 0.1) is 22.6 Å². The Hall–Kier alpha value is -3.79. The maximum Gasteiger partial charge on any atom is 0.270 e. The standard InChI is InChI=1S/C22H21N5O4S/c1-2-31-18-8-4-9-19-20(18)24-22(32-19)26(12-5-11-25-13-10-23-15-25)21(28)16-6-3-7-17(14-16)27(29)30/h3-4,6-10,13-15H,2,5,11-12H2,1H3. The molecule has 9 nitrogen and oxygen atoms in total. The van der Waals surface area contributed by atoms with Gasteiger partial charge in [-0.25, -0.2) is 9.97 Å². The first-order chi connectivity index (χ1) is 15.6. The minimum absolute atomic E-state index is 0.128. The van der Waals surface area contributed by atoms with Gasteiger partial charge in [-0.1, -0.05) is 23.5 Å². The Morgan fingerprint density at radius 1 is 1.28 bits per heavy atom. The molecule has 0 fully saturated rings. The Balaban J connectivity index is 1.67. The molecule has 32 heavy (non-hydrogen) atoms. The number of nitrogens with zero attached hydrogens (tertiary/aromatic N) is 5. The molecule has 0 bridgehead atoms. The van der Waals surface area contributed by atoms with E-state index in [1.165, 1.54) is 29.5 Å². The van der Waals surface area contributed by atoms with Crippen molar-refractivity contribution in [1.29, 1.82) is 0 Å². The van der Waals surface area contributed by atoms with Gasteiger partial charge in [0.15, 0.2) is 5.13 Å². The minimum Gasteiger partial charge on any atom is -0.492 e. The number of aromatic nitrogens is 3. The largest absolute Gasteiger partial charge is 0.492 e. The monoisotopic (exact) mass is 451 g/mol. The number of nitro groups is 1. The average Bonchev–Trinajstić information content (AvgIpc) is 3.47. The number of non-ortho nitro benzene ring substituents is 1. The Kier molecular flexibility index (Phi) is 6.41. The van der Waals surface area contributed by atoms with Crippen molar-refractivity contribution in [3.8, 4) is 5.75 Å². The molecule has 164 valence electrons. The number of thiazole rings is 1. The third-order valence-electron chi connectivity index (χ3n) is 4.81. The van der Waals surface area contributed by atoms with Crippen LogP contribution in [0.3, 0.4) is 0 Å². The van der Waals surface area contributed by atoms with Crippen molar-refractivity contribution >= 4 is 38.3 Å². The van der Waals surface area contributed by atoms with Gasteiger partial charge in [-0.15, -0.1) is 0 Å². The van der Waals surface area contributed by atoms with Gasteiger partial charge >= 0.3 is 0 Å². The smallest absolute Gasteiger partial charge is 0.270 e. The molecule has 2 heterocycles. The van der Waals surface area contributed by atoms with Crippen molar-refractivity contribution in [2.45, 2.75) is 19.9 Å². The summed E-state index contributed by atoms with van der Waals surface area (Å²) >= 11 is 1.39. The van der Waals surface area contributed by atoms with Crippen molar-refractivity contribution < 1.29 is 14.5 Å². The van der Waals surface area contributed by atoms with Crippen LogP contribution < -0.4 is 9.64 Å². The number of imidazole rings is 1. The van der Waals surface area contributed by atoms with Crippen LogP contribution in [0.25, 0.3) is 10.2 Å². The number of benzene rings is 2. The summed E-state index contributed by atoms with van der Waals surface area (Å²) in [5.74, 6) is 0.324. The first-order valence-corrected chi connectivity index (χ1v) is 10.9. The number of ether oxygens (including phenoxy) is 1. The Bertz CT molecular complexity index is 1240. The highest BCUT2D eigenvalue weighted by Gasteiger charge is 2.23. The molecule has 2 aromatic carbocycles. The van der Waals surface area contributed by atoms with Crippen molar-refractivity contribution in [2.24, 2.45) is 0 Å². The number of aryl methyl sites for hydroxylation is 1. The lowest BCUT2D eigenvalue weighted by Gasteiger charge is -2.20. The number of carbonyl (C=O) groups is 1. The molecule has 0 aliphatic rings. The van der Waals surface area contributed by atoms with Crippen molar-refractivity contribution in [3.05, 3.63) is 76.9 Å². The summed E-state index contributed by atoms with van der Waals surface area (Å²) in [6.45, 7) is 3.48. The molecule has 10 heteroatoms. The molecule has 0 aliphatic carbocycles. The van der Waals surface area contributed by atoms with Crippen LogP contribution >= 0.6 is 11.3 Å². The van der Waals surface area contributed by atoms with Gasteiger partial charge in [0, 0.05) is 43.2 Å². The number of amides is 1. The van der Waals surface area contributed by atoms with Crippen LogP contribution in [-0.2, 0) is 6.54 Å². The summed E-state index contributed by atoms with van der Waals surface area (Å²) in [7, 11) is 0. The summed E-state index contributed by atoms with van der Waals surface area (Å²) in [5.41, 5.74) is 0.809. The van der Waals surface area contributed by atoms with E-state index in [9.17, 15) is 14.9 Å². The summed E-state index contributed by atoms with van der Waals surface area (Å²) in [4.78, 5) is 34.4. The first kappa shape index (κ1) is 21.4. The number of anilines is 1. The second kappa shape index (κ2) is 9.56. The summed E-state index contributed by atoms with van der Waals surface area (Å²) in [6, 6.07) is 11.4. The topological polar surface area (TPSA) is 103 Å². The fourth-order valence-corrected chi connectivity index (χ4v) is 4.33. The molecule has 0 aliphatic heterocycles. The van der Waals surface area contributed by atoms with Gasteiger partial charge in [-0.2, -0.15) is 0 Å². The zero-order chi connectivity index (χ0) is 22.5. The first-order valence-electron chi connectivity index (χ1n) is 10.1. The van der Waals surface area contributed by atoms with E-state index in [0.29, 0.717) is 42.5 Å². The lowest BCUT2D eigenvalue weighted by Crippen LogP contribution is -2.32. The van der Waals surface area contributed by atoms with Gasteiger partial charge in [0.1, 0.15) is 11.3 Å². The molecule has 0 radical (unpaired) electrons. The fourth-order valence-electron chi connectivity index (χ4n) is 3.32. The highest BCUT2D eigenvalue weighted by Crippen LogP contribution is 2.35. The van der Waals surface area contributed by atoms with Gasteiger partial charge in [-0.05, 0) is 31.5 Å². The number of para-hydroxylation sites is 1. The van der Waals surface area contributed by atoms with E-state index in [1.54, 1.807) is 23.5 Å². The van der Waals surface area contributed by atoms with Crippen LogP contribution in [0.5, 0.6) is 5.75 Å². The Morgan fingerprint density at radius 2 is 2.12 bits per heavy atom. The van der Waals surface area contributed by atoms with Gasteiger partial charge in [-0.3, -0.25) is 19.8 Å². The van der Waals surface area contributed by atoms with Gasteiger partial charge in [0.2, 0.25) is 0 Å². The van der Waals surface area contributed by atoms with E-state index >= 15 is 0 Å². The molecule has 0 saturated heterocycles. The quantitative estimate of drug-likeness (QED) is 0.273. The van der Waals surface area contributed by atoms with Crippen LogP contribution in [0, 0.1) is 10.1 Å². The summed E-state index contributed by atoms with van der Waals surface area (Å²) in [6.07, 6.45) is 5.94. The third-order valence-corrected chi connectivity index (χ3v) is 5.85. The third kappa shape index (κ3) is 4.59. The minimum atomic E-state index is -0.508. The molecule has 2 aromatic heterocycles. The van der Waals surface area contributed by atoms with Crippen LogP contribution in [0.15, 0.2) is 61.2 Å². The Labute approximate surface area is 188 Å². The van der Waals surface area contributed by atoms with Crippen LogP contribution in [-0.4, -0.2) is 38.5 Å². The highest BCUT2D eigenvalue weighted by atomic mass is 32.1. The van der Waals surface area contributed by atoms with Crippen molar-refractivity contribution in [2.75, 3.05) is 18.1 Å². The Morgan fingerprint density at radius 3 is 2.88 bits per heavy atom. The van der Waals surface area contributed by atoms with E-state index in [2.05, 4.69) is 4.98 Å². The molecule has 0 saturated carbocycles. The molecule has 4 aromatic rings. The molecule has 0 N–H and O–H groups in total. The molecular formula is C22H21N5O4S. The predicted molar refractivity (Wildman–Crippen MR) is 122 cm³/mol. The normalized spacial score (nSPS) is 10.9. The van der Waals surface area contributed by atoms with Gasteiger partial charge in [0.25, 0.3) is 11.6 Å². The average molecular weight is 452 g/mol. The zero-order valence-corrected chi connectivity index (χ0v) is 18.2. The lowest BCUT2D eigenvalue weighted by atomic mass is 10.1. The molecule has 4 rings (SSSR count). The van der Waals surface area contributed by atoms with E-state index in [1.807, 2.05) is 35.9 Å². The number of rotatable bonds is 9. The predicted octanol–water partition coefficient (Wildman–Crippen LogP) is 4.54. The SMILES string of the molecule is CCOc1cccc2sc(N(CCCn3ccnc3)C(=O)c3cccc([N+](=O)[O-])c3)nc12. The fraction of sp³-hybridized carbons (Fsp3) is 0.227.